The van der Waals surface area contributed by atoms with Crippen LogP contribution in [0.2, 0.25) is 0 Å². The van der Waals surface area contributed by atoms with Gasteiger partial charge < -0.3 is 14.4 Å². The first-order chi connectivity index (χ1) is 19.0. The van der Waals surface area contributed by atoms with Crippen molar-refractivity contribution in [1.29, 1.82) is 0 Å². The van der Waals surface area contributed by atoms with E-state index in [4.69, 9.17) is 4.42 Å². The molecule has 0 atom stereocenters. The Hall–Kier alpha value is -3.59. The Morgan fingerprint density at radius 3 is 1.71 bits per heavy atom. The average Bonchev–Trinajstić information content (AvgIpc) is 3.33. The van der Waals surface area contributed by atoms with Crippen molar-refractivity contribution < 1.29 is 24.5 Å². The van der Waals surface area contributed by atoms with Gasteiger partial charge in [0.1, 0.15) is 11.3 Å². The van der Waals surface area contributed by atoms with Crippen molar-refractivity contribution in [2.24, 2.45) is 0 Å². The topological polar surface area (TPSA) is 38.9 Å². The third-order valence-corrected chi connectivity index (χ3v) is 7.11. The number of aryl methyl sites for hydroxylation is 1. The van der Waals surface area contributed by atoms with Crippen molar-refractivity contribution in [2.75, 3.05) is 0 Å². The monoisotopic (exact) mass is 717 g/mol. The molecule has 0 aliphatic rings. The minimum absolute atomic E-state index is 0. The Labute approximate surface area is 257 Å². The van der Waals surface area contributed by atoms with Gasteiger partial charge in [-0.1, -0.05) is 65.8 Å². The molecule has 6 rings (SSSR count). The Morgan fingerprint density at radius 1 is 0.634 bits per heavy atom. The first-order valence-corrected chi connectivity index (χ1v) is 13.7. The fourth-order valence-electron chi connectivity index (χ4n) is 4.72. The van der Waals surface area contributed by atoms with Gasteiger partial charge in [-0.3, -0.25) is 0 Å². The summed E-state index contributed by atoms with van der Waals surface area (Å²) in [6.07, 6.45) is 3.65. The number of hydrogen-bond donors (Lipinski definition) is 0. The molecule has 211 valence electrons. The van der Waals surface area contributed by atoms with Crippen molar-refractivity contribution in [1.82, 2.24) is 9.97 Å². The number of fused-ring (bicyclic) bond motifs is 2. The van der Waals surface area contributed by atoms with Gasteiger partial charge in [0.25, 0.3) is 0 Å². The number of nitrogens with zero attached hydrogens (tertiary/aromatic N) is 2. The third kappa shape index (κ3) is 6.84. The summed E-state index contributed by atoms with van der Waals surface area (Å²) in [4.78, 5) is 9.03. The van der Waals surface area contributed by atoms with Gasteiger partial charge in [0, 0.05) is 37.9 Å². The number of furan rings is 1. The molecule has 0 spiro atoms. The smallest absolute Gasteiger partial charge is 0.128 e. The van der Waals surface area contributed by atoms with Crippen LogP contribution in [0.3, 0.4) is 0 Å². The largest absolute Gasteiger partial charge is 0.462 e. The minimum atomic E-state index is 0. The van der Waals surface area contributed by atoms with Crippen LogP contribution in [0.15, 0.2) is 95.7 Å². The summed E-state index contributed by atoms with van der Waals surface area (Å²) in [6.45, 7) is 15.2. The van der Waals surface area contributed by atoms with Crippen LogP contribution in [0, 0.1) is 19.1 Å². The van der Waals surface area contributed by atoms with Crippen molar-refractivity contribution in [3.8, 4) is 22.5 Å². The standard InChI is InChI=1S/C19H18N.C18H18NO.Ir/c1-19(2,3)16-10-8-15(9-11-16)18-17-7-5-4-6-14(17)12-13-20-18;1-12-11-15-16(20-12)9-10-19-17(15)13-5-7-14(8-6-13)18(2,3)4;/h4-8,10-13H,1-3H3;5,7-11H,1-4H3;/q2*-1;. The van der Waals surface area contributed by atoms with Crippen molar-refractivity contribution in [2.45, 2.75) is 59.3 Å². The molecule has 3 aromatic carbocycles. The molecule has 4 heteroatoms. The summed E-state index contributed by atoms with van der Waals surface area (Å²) in [5.41, 5.74) is 7.73. The van der Waals surface area contributed by atoms with Gasteiger partial charge in [-0.2, -0.15) is 0 Å². The maximum Gasteiger partial charge on any atom is 0.128 e. The second kappa shape index (κ2) is 12.1. The molecule has 3 aromatic heterocycles. The predicted octanol–water partition coefficient (Wildman–Crippen LogP) is 9.90. The van der Waals surface area contributed by atoms with E-state index in [1.165, 1.54) is 21.9 Å². The van der Waals surface area contributed by atoms with Crippen molar-refractivity contribution in [3.63, 3.8) is 0 Å². The molecule has 3 heterocycles. The van der Waals surface area contributed by atoms with Crippen LogP contribution < -0.4 is 0 Å². The Balaban J connectivity index is 0.000000184. The van der Waals surface area contributed by atoms with E-state index in [-0.39, 0.29) is 30.9 Å². The van der Waals surface area contributed by atoms with Crippen LogP contribution >= 0.6 is 0 Å². The quantitative estimate of drug-likeness (QED) is 0.168. The van der Waals surface area contributed by atoms with E-state index in [1.807, 2.05) is 31.3 Å². The van der Waals surface area contributed by atoms with Gasteiger partial charge in [0.2, 0.25) is 0 Å². The first kappa shape index (κ1) is 30.4. The zero-order valence-corrected chi connectivity index (χ0v) is 27.2. The van der Waals surface area contributed by atoms with Gasteiger partial charge in [0.05, 0.1) is 0 Å². The van der Waals surface area contributed by atoms with E-state index >= 15 is 0 Å². The molecule has 0 N–H and O–H groups in total. The maximum atomic E-state index is 5.65. The normalized spacial score (nSPS) is 11.6. The van der Waals surface area contributed by atoms with Gasteiger partial charge >= 0.3 is 0 Å². The van der Waals surface area contributed by atoms with Crippen LogP contribution in [-0.4, -0.2) is 9.97 Å². The Morgan fingerprint density at radius 2 is 1.17 bits per heavy atom. The molecule has 0 fully saturated rings. The molecule has 0 aliphatic heterocycles. The predicted molar refractivity (Wildman–Crippen MR) is 166 cm³/mol. The minimum Gasteiger partial charge on any atom is -0.462 e. The summed E-state index contributed by atoms with van der Waals surface area (Å²) >= 11 is 0. The second-order valence-corrected chi connectivity index (χ2v) is 12.3. The first-order valence-electron chi connectivity index (χ1n) is 13.7. The summed E-state index contributed by atoms with van der Waals surface area (Å²) in [7, 11) is 0. The SMILES string of the molecule is CC(C)(C)c1c[c-]c(-c2nccc3ccccc23)cc1.Cc1cc2c(-c3[c-]cc(C(C)(C)C)cc3)nccc2o1.[Ir]. The summed E-state index contributed by atoms with van der Waals surface area (Å²) in [5, 5.41) is 3.44. The second-order valence-electron chi connectivity index (χ2n) is 12.3. The maximum absolute atomic E-state index is 5.65. The molecule has 0 saturated heterocycles. The molecule has 0 unspecified atom stereocenters. The summed E-state index contributed by atoms with van der Waals surface area (Å²) < 4.78 is 5.65. The molecule has 41 heavy (non-hydrogen) atoms. The fraction of sp³-hybridized carbons (Fsp3) is 0.243. The van der Waals surface area contributed by atoms with E-state index in [2.05, 4.69) is 124 Å². The molecule has 0 amide bonds. The van der Waals surface area contributed by atoms with Gasteiger partial charge in [-0.25, -0.2) is 0 Å². The molecular weight excluding hydrogens is 681 g/mol. The number of benzene rings is 3. The zero-order chi connectivity index (χ0) is 28.5. The Bertz CT molecular complexity index is 1750. The number of aromatic nitrogens is 2. The molecule has 6 aromatic rings. The average molecular weight is 717 g/mol. The molecule has 0 saturated carbocycles. The number of rotatable bonds is 2. The van der Waals surface area contributed by atoms with E-state index in [0.717, 1.165) is 39.2 Å². The van der Waals surface area contributed by atoms with Crippen LogP contribution in [0.1, 0.15) is 58.4 Å². The zero-order valence-electron chi connectivity index (χ0n) is 24.8. The van der Waals surface area contributed by atoms with E-state index < -0.39 is 0 Å². The van der Waals surface area contributed by atoms with Gasteiger partial charge in [0.15, 0.2) is 0 Å². The van der Waals surface area contributed by atoms with Crippen molar-refractivity contribution >= 4 is 21.7 Å². The number of hydrogen-bond acceptors (Lipinski definition) is 3. The molecule has 3 nitrogen and oxygen atoms in total. The van der Waals surface area contributed by atoms with Gasteiger partial charge in [-0.05, 0) is 58.1 Å². The van der Waals surface area contributed by atoms with Gasteiger partial charge in [-0.15, -0.1) is 70.8 Å². The van der Waals surface area contributed by atoms with Crippen LogP contribution in [0.5, 0.6) is 0 Å². The molecule has 0 bridgehead atoms. The molecule has 0 aliphatic carbocycles. The molecular formula is C37H36IrN2O-2. The Kier molecular flexibility index (Phi) is 8.97. The van der Waals surface area contributed by atoms with Crippen LogP contribution in [-0.2, 0) is 30.9 Å². The summed E-state index contributed by atoms with van der Waals surface area (Å²) in [6, 6.07) is 33.7. The van der Waals surface area contributed by atoms with Crippen molar-refractivity contribution in [3.05, 3.63) is 120 Å². The van der Waals surface area contributed by atoms with E-state index in [1.54, 1.807) is 6.20 Å². The third-order valence-electron chi connectivity index (χ3n) is 7.11. The van der Waals surface area contributed by atoms with Crippen LogP contribution in [0.4, 0.5) is 0 Å². The number of pyridine rings is 2. The fourth-order valence-corrected chi connectivity index (χ4v) is 4.72. The van der Waals surface area contributed by atoms with Crippen LogP contribution in [0.25, 0.3) is 44.3 Å². The molecule has 1 radical (unpaired) electrons. The summed E-state index contributed by atoms with van der Waals surface area (Å²) in [5.74, 6) is 0.903. The van der Waals surface area contributed by atoms with E-state index in [0.29, 0.717) is 0 Å². The van der Waals surface area contributed by atoms with E-state index in [9.17, 15) is 0 Å².